The number of esters is 1. The van der Waals surface area contributed by atoms with Crippen molar-refractivity contribution in [1.82, 2.24) is 4.90 Å². The molecule has 0 heterocycles. The van der Waals surface area contributed by atoms with Gasteiger partial charge in [0.2, 0.25) is 0 Å². The maximum atomic E-state index is 12.7. The minimum absolute atomic E-state index is 0.119. The molecular weight excluding hydrogens is 366 g/mol. The third-order valence-electron chi connectivity index (χ3n) is 3.71. The highest BCUT2D eigenvalue weighted by molar-refractivity contribution is 5.82. The highest BCUT2D eigenvalue weighted by Gasteiger charge is 2.34. The molecule has 0 bridgehead atoms. The van der Waals surface area contributed by atoms with Crippen LogP contribution in [0.2, 0.25) is 0 Å². The van der Waals surface area contributed by atoms with Gasteiger partial charge in [-0.15, -0.1) is 0 Å². The molecule has 0 saturated heterocycles. The number of hydrogen-bond donors (Lipinski definition) is 0. The first kappa shape index (κ1) is 23.6. The van der Waals surface area contributed by atoms with Crippen LogP contribution in [-0.4, -0.2) is 63.3 Å². The van der Waals surface area contributed by atoms with Crippen molar-refractivity contribution in [3.05, 3.63) is 23.8 Å². The van der Waals surface area contributed by atoms with E-state index in [1.807, 2.05) is 0 Å². The lowest BCUT2D eigenvalue weighted by atomic mass is 10.0. The molecule has 0 fully saturated rings. The summed E-state index contributed by atoms with van der Waals surface area (Å²) in [5.41, 5.74) is 0.0476. The molecule has 28 heavy (non-hydrogen) atoms. The fraction of sp³-hybridized carbons (Fsp3) is 0.600. The van der Waals surface area contributed by atoms with E-state index in [4.69, 9.17) is 23.7 Å². The molecule has 1 rings (SSSR count). The van der Waals surface area contributed by atoms with Gasteiger partial charge in [-0.2, -0.15) is 0 Å². The van der Waals surface area contributed by atoms with Gasteiger partial charge in [0.25, 0.3) is 0 Å². The topological polar surface area (TPSA) is 83.5 Å². The first-order valence-electron chi connectivity index (χ1n) is 9.02. The summed E-state index contributed by atoms with van der Waals surface area (Å²) >= 11 is 0. The second-order valence-corrected chi connectivity index (χ2v) is 7.03. The molecule has 1 aromatic carbocycles. The zero-order valence-electron chi connectivity index (χ0n) is 17.7. The van der Waals surface area contributed by atoms with Gasteiger partial charge in [0.1, 0.15) is 18.4 Å². The molecule has 0 unspecified atom stereocenters. The normalized spacial score (nSPS) is 12.1. The largest absolute Gasteiger partial charge is 0.493 e. The van der Waals surface area contributed by atoms with Crippen LogP contribution in [-0.2, 0) is 25.4 Å². The van der Waals surface area contributed by atoms with Crippen LogP contribution >= 0.6 is 0 Å². The molecule has 0 aliphatic rings. The molecule has 0 spiro atoms. The Labute approximate surface area is 166 Å². The molecular formula is C20H31NO7. The predicted molar refractivity (Wildman–Crippen MR) is 104 cm³/mol. The standard InChI is InChI=1S/C20H31NO7/c1-8-27-18(22)15(21(13-24-5)19(23)28-20(2,3)4)11-14-9-10-16(25-6)17(12-14)26-7/h9-10,12,15H,8,11,13H2,1-7H3/t15-/m0/s1. The second-order valence-electron chi connectivity index (χ2n) is 7.03. The van der Waals surface area contributed by atoms with Crippen molar-refractivity contribution in [2.45, 2.75) is 45.8 Å². The molecule has 1 atom stereocenters. The van der Waals surface area contributed by atoms with Gasteiger partial charge in [-0.1, -0.05) is 6.07 Å². The molecule has 0 aromatic heterocycles. The van der Waals surface area contributed by atoms with Crippen molar-refractivity contribution in [2.24, 2.45) is 0 Å². The lowest BCUT2D eigenvalue weighted by molar-refractivity contribution is -0.151. The Balaban J connectivity index is 3.22. The number of carbonyl (C=O) groups is 2. The molecule has 0 N–H and O–H groups in total. The van der Waals surface area contributed by atoms with E-state index in [1.165, 1.54) is 19.1 Å². The van der Waals surface area contributed by atoms with Crippen LogP contribution < -0.4 is 9.47 Å². The third-order valence-corrected chi connectivity index (χ3v) is 3.71. The van der Waals surface area contributed by atoms with Gasteiger partial charge in [0, 0.05) is 13.5 Å². The van der Waals surface area contributed by atoms with Gasteiger partial charge in [0.05, 0.1) is 20.8 Å². The smallest absolute Gasteiger partial charge is 0.412 e. The van der Waals surface area contributed by atoms with Crippen molar-refractivity contribution >= 4 is 12.1 Å². The zero-order valence-corrected chi connectivity index (χ0v) is 17.7. The lowest BCUT2D eigenvalue weighted by Crippen LogP contribution is -2.49. The maximum Gasteiger partial charge on any atom is 0.412 e. The SMILES string of the molecule is CCOC(=O)[C@H](Cc1ccc(OC)c(OC)c1)N(COC)C(=O)OC(C)(C)C. The van der Waals surface area contributed by atoms with Crippen molar-refractivity contribution in [3.63, 3.8) is 0 Å². The summed E-state index contributed by atoms with van der Waals surface area (Å²) in [5, 5.41) is 0. The van der Waals surface area contributed by atoms with Gasteiger partial charge in [0.15, 0.2) is 11.5 Å². The summed E-state index contributed by atoms with van der Waals surface area (Å²) in [5.74, 6) is 0.554. The fourth-order valence-corrected chi connectivity index (χ4v) is 2.52. The number of methoxy groups -OCH3 is 3. The highest BCUT2D eigenvalue weighted by Crippen LogP contribution is 2.28. The number of amides is 1. The average Bonchev–Trinajstić information content (AvgIpc) is 2.63. The van der Waals surface area contributed by atoms with Crippen LogP contribution in [0.1, 0.15) is 33.3 Å². The van der Waals surface area contributed by atoms with E-state index in [9.17, 15) is 9.59 Å². The van der Waals surface area contributed by atoms with Crippen molar-refractivity contribution in [3.8, 4) is 11.5 Å². The van der Waals surface area contributed by atoms with Gasteiger partial charge in [-0.05, 0) is 45.4 Å². The molecule has 158 valence electrons. The van der Waals surface area contributed by atoms with Crippen molar-refractivity contribution in [2.75, 3.05) is 34.7 Å². The van der Waals surface area contributed by atoms with Gasteiger partial charge in [-0.3, -0.25) is 4.90 Å². The summed E-state index contributed by atoms with van der Waals surface area (Å²) in [7, 11) is 4.51. The van der Waals surface area contributed by atoms with Gasteiger partial charge < -0.3 is 23.7 Å². The zero-order chi connectivity index (χ0) is 21.3. The van der Waals surface area contributed by atoms with Gasteiger partial charge in [-0.25, -0.2) is 9.59 Å². The Kier molecular flexibility index (Phi) is 9.05. The number of rotatable bonds is 9. The lowest BCUT2D eigenvalue weighted by Gasteiger charge is -2.31. The number of benzene rings is 1. The van der Waals surface area contributed by atoms with Crippen LogP contribution in [0.25, 0.3) is 0 Å². The highest BCUT2D eigenvalue weighted by atomic mass is 16.6. The molecule has 1 aromatic rings. The Morgan fingerprint density at radius 3 is 2.21 bits per heavy atom. The van der Waals surface area contributed by atoms with Crippen LogP contribution in [0, 0.1) is 0 Å². The Hall–Kier alpha value is -2.48. The monoisotopic (exact) mass is 397 g/mol. The van der Waals surface area contributed by atoms with Crippen molar-refractivity contribution in [1.29, 1.82) is 0 Å². The van der Waals surface area contributed by atoms with Crippen LogP contribution in [0.3, 0.4) is 0 Å². The van der Waals surface area contributed by atoms with E-state index in [0.29, 0.717) is 11.5 Å². The fourth-order valence-electron chi connectivity index (χ4n) is 2.52. The third kappa shape index (κ3) is 6.92. The average molecular weight is 397 g/mol. The Morgan fingerprint density at radius 1 is 1.07 bits per heavy atom. The summed E-state index contributed by atoms with van der Waals surface area (Å²) in [6.45, 7) is 7.04. The van der Waals surface area contributed by atoms with E-state index in [2.05, 4.69) is 0 Å². The summed E-state index contributed by atoms with van der Waals surface area (Å²) < 4.78 is 26.3. The van der Waals surface area contributed by atoms with Crippen molar-refractivity contribution < 1.29 is 33.3 Å². The van der Waals surface area contributed by atoms with E-state index in [0.717, 1.165) is 5.56 Å². The Morgan fingerprint density at radius 2 is 1.71 bits per heavy atom. The minimum Gasteiger partial charge on any atom is -0.493 e. The van der Waals surface area contributed by atoms with E-state index >= 15 is 0 Å². The number of ether oxygens (including phenoxy) is 5. The molecule has 0 aliphatic carbocycles. The summed E-state index contributed by atoms with van der Waals surface area (Å²) in [4.78, 5) is 26.5. The minimum atomic E-state index is -0.923. The van der Waals surface area contributed by atoms with E-state index in [1.54, 1.807) is 53.0 Å². The van der Waals surface area contributed by atoms with E-state index in [-0.39, 0.29) is 19.8 Å². The molecule has 0 radical (unpaired) electrons. The quantitative estimate of drug-likeness (QED) is 0.468. The van der Waals surface area contributed by atoms with E-state index < -0.39 is 23.7 Å². The predicted octanol–water partition coefficient (Wildman–Crippen LogP) is 3.02. The van der Waals surface area contributed by atoms with Gasteiger partial charge >= 0.3 is 12.1 Å². The number of hydrogen-bond acceptors (Lipinski definition) is 7. The maximum absolute atomic E-state index is 12.7. The number of carbonyl (C=O) groups excluding carboxylic acids is 2. The Bertz CT molecular complexity index is 654. The molecule has 1 amide bonds. The number of nitrogens with zero attached hydrogens (tertiary/aromatic N) is 1. The molecule has 0 saturated carbocycles. The van der Waals surface area contributed by atoms with Crippen LogP contribution in [0.5, 0.6) is 11.5 Å². The summed E-state index contributed by atoms with van der Waals surface area (Å²) in [6.07, 6.45) is -0.463. The molecule has 0 aliphatic heterocycles. The first-order valence-corrected chi connectivity index (χ1v) is 9.02. The molecule has 8 heteroatoms. The van der Waals surface area contributed by atoms with Crippen LogP contribution in [0.4, 0.5) is 4.79 Å². The molecule has 8 nitrogen and oxygen atoms in total. The first-order chi connectivity index (χ1) is 13.2. The second kappa shape index (κ2) is 10.8. The van der Waals surface area contributed by atoms with Crippen LogP contribution in [0.15, 0.2) is 18.2 Å². The summed E-state index contributed by atoms with van der Waals surface area (Å²) in [6, 6.07) is 4.37.